The van der Waals surface area contributed by atoms with Gasteiger partial charge in [0.15, 0.2) is 11.6 Å². The van der Waals surface area contributed by atoms with Crippen molar-refractivity contribution >= 4 is 34.0 Å². The third-order valence-corrected chi connectivity index (χ3v) is 8.46. The molecule has 0 saturated heterocycles. The lowest BCUT2D eigenvalue weighted by Crippen LogP contribution is -2.22. The van der Waals surface area contributed by atoms with Crippen LogP contribution < -0.4 is 0 Å². The van der Waals surface area contributed by atoms with Gasteiger partial charge in [-0.15, -0.1) is 11.3 Å². The van der Waals surface area contributed by atoms with E-state index >= 15 is 0 Å². The lowest BCUT2D eigenvalue weighted by molar-refractivity contribution is -0.113. The van der Waals surface area contributed by atoms with Gasteiger partial charge in [-0.05, 0) is 105 Å². The van der Waals surface area contributed by atoms with E-state index in [1.165, 1.54) is 20.9 Å². The van der Waals surface area contributed by atoms with Crippen LogP contribution >= 0.6 is 11.3 Å². The summed E-state index contributed by atoms with van der Waals surface area (Å²) < 4.78 is 0. The van der Waals surface area contributed by atoms with Gasteiger partial charge in [-0.25, -0.2) is 0 Å². The highest BCUT2D eigenvalue weighted by Gasteiger charge is 2.33. The fourth-order valence-electron chi connectivity index (χ4n) is 5.45. The van der Waals surface area contributed by atoms with E-state index in [9.17, 15) is 9.59 Å². The molecule has 2 aliphatic rings. The maximum Gasteiger partial charge on any atom is 0.185 e. The third-order valence-electron chi connectivity index (χ3n) is 7.34. The van der Waals surface area contributed by atoms with Gasteiger partial charge in [-0.3, -0.25) is 9.59 Å². The molecule has 3 rings (SSSR count). The quantitative estimate of drug-likeness (QED) is 0.371. The largest absolute Gasteiger partial charge is 0.289 e. The van der Waals surface area contributed by atoms with E-state index in [-0.39, 0.29) is 33.2 Å². The highest BCUT2D eigenvalue weighted by Crippen LogP contribution is 2.48. The van der Waals surface area contributed by atoms with Crippen LogP contribution in [0.15, 0.2) is 69.9 Å². The Morgan fingerprint density at radius 3 is 1.10 bits per heavy atom. The van der Waals surface area contributed by atoms with Crippen LogP contribution in [0.3, 0.4) is 0 Å². The first-order valence-corrected chi connectivity index (χ1v) is 14.9. The lowest BCUT2D eigenvalue weighted by atomic mass is 9.74. The van der Waals surface area contributed by atoms with Crippen LogP contribution in [0.2, 0.25) is 0 Å². The molecule has 0 aromatic carbocycles. The molecule has 0 aliphatic heterocycles. The van der Waals surface area contributed by atoms with Crippen molar-refractivity contribution in [1.82, 2.24) is 0 Å². The minimum absolute atomic E-state index is 0.129. The van der Waals surface area contributed by atoms with Crippen molar-refractivity contribution < 1.29 is 9.59 Å². The molecule has 0 radical (unpaired) electrons. The second-order valence-corrected chi connectivity index (χ2v) is 16.3. The Bertz CT molecular complexity index is 1290. The van der Waals surface area contributed by atoms with Crippen LogP contribution in [0, 0.1) is 21.7 Å². The molecule has 2 aliphatic carbocycles. The molecule has 210 valence electrons. The molecule has 0 bridgehead atoms. The number of Topliss-reactive ketones (excluding diaryl/α,β-unsaturated/α-hetero) is 2. The molecule has 0 saturated carbocycles. The fraction of sp³-hybridized carbons (Fsp3) is 0.500. The Morgan fingerprint density at radius 2 is 0.846 bits per heavy atom. The smallest absolute Gasteiger partial charge is 0.185 e. The molecule has 0 unspecified atom stereocenters. The van der Waals surface area contributed by atoms with Gasteiger partial charge in [0, 0.05) is 20.9 Å². The minimum Gasteiger partial charge on any atom is -0.289 e. The second kappa shape index (κ2) is 10.1. The molecule has 2 nitrogen and oxygen atoms in total. The van der Waals surface area contributed by atoms with Gasteiger partial charge in [0.1, 0.15) is 0 Å². The number of hydrogen-bond donors (Lipinski definition) is 0. The topological polar surface area (TPSA) is 34.1 Å². The van der Waals surface area contributed by atoms with Crippen molar-refractivity contribution in [2.75, 3.05) is 0 Å². The molecule has 39 heavy (non-hydrogen) atoms. The number of thiophene rings is 1. The molecule has 0 N–H and O–H groups in total. The van der Waals surface area contributed by atoms with E-state index in [2.05, 4.69) is 120 Å². The number of hydrogen-bond acceptors (Lipinski definition) is 3. The Kier molecular flexibility index (Phi) is 8.07. The number of carbonyl (C=O) groups is 2. The Labute approximate surface area is 241 Å². The van der Waals surface area contributed by atoms with Crippen LogP contribution in [0.25, 0.3) is 11.1 Å². The van der Waals surface area contributed by atoms with E-state index in [1.807, 2.05) is 25.2 Å². The predicted octanol–water partition coefficient (Wildman–Crippen LogP) is 10.4. The number of allylic oxidation sites excluding steroid dienone is 12. The van der Waals surface area contributed by atoms with Crippen molar-refractivity contribution in [1.29, 1.82) is 0 Å². The Hall–Kier alpha value is -2.52. The summed E-state index contributed by atoms with van der Waals surface area (Å²) in [5.74, 6) is 0.281. The van der Waals surface area contributed by atoms with Crippen molar-refractivity contribution in [3.8, 4) is 0 Å². The molecule has 1 aromatic rings. The van der Waals surface area contributed by atoms with E-state index in [0.717, 1.165) is 33.4 Å². The lowest BCUT2D eigenvalue weighted by Gasteiger charge is -2.30. The highest BCUT2D eigenvalue weighted by molar-refractivity contribution is 7.14. The summed E-state index contributed by atoms with van der Waals surface area (Å²) in [6.07, 6.45) is 8.38. The summed E-state index contributed by atoms with van der Waals surface area (Å²) in [6.45, 7) is 30.0. The van der Waals surface area contributed by atoms with Crippen LogP contribution in [-0.4, -0.2) is 11.6 Å². The van der Waals surface area contributed by atoms with Crippen LogP contribution in [0.5, 0.6) is 0 Å². The first-order valence-electron chi connectivity index (χ1n) is 14.0. The first-order chi connectivity index (χ1) is 17.5. The van der Waals surface area contributed by atoms with Gasteiger partial charge in [-0.1, -0.05) is 83.1 Å². The molecule has 1 aromatic heterocycles. The van der Waals surface area contributed by atoms with Gasteiger partial charge in [-0.2, -0.15) is 0 Å². The zero-order chi connectivity index (χ0) is 29.9. The molecule has 0 spiro atoms. The van der Waals surface area contributed by atoms with Crippen molar-refractivity contribution in [2.24, 2.45) is 21.7 Å². The van der Waals surface area contributed by atoms with Gasteiger partial charge in [0.05, 0.1) is 0 Å². The number of rotatable bonds is 2. The highest BCUT2D eigenvalue weighted by atomic mass is 32.1. The summed E-state index contributed by atoms with van der Waals surface area (Å²) in [4.78, 5) is 28.5. The molecular weight excluding hydrogens is 496 g/mol. The van der Waals surface area contributed by atoms with Crippen LogP contribution in [0.4, 0.5) is 0 Å². The third kappa shape index (κ3) is 6.46. The van der Waals surface area contributed by atoms with Gasteiger partial charge >= 0.3 is 0 Å². The van der Waals surface area contributed by atoms with E-state index in [0.29, 0.717) is 0 Å². The Morgan fingerprint density at radius 1 is 0.538 bits per heavy atom. The minimum atomic E-state index is -0.231. The molecule has 0 atom stereocenters. The van der Waals surface area contributed by atoms with Gasteiger partial charge < -0.3 is 0 Å². The monoisotopic (exact) mass is 544 g/mol. The van der Waals surface area contributed by atoms with Crippen molar-refractivity contribution in [3.05, 3.63) is 79.6 Å². The SMILES string of the molecule is CC1=C/C(=C(/c2ccc(/C(=C3/C=C(C)C(=O)C(C(C)(C)C)=C3)C(C)(C)C)s2)C(C)(C)C)C=C(C(C)(C)C)C1=O. The van der Waals surface area contributed by atoms with Crippen molar-refractivity contribution in [3.63, 3.8) is 0 Å². The van der Waals surface area contributed by atoms with Gasteiger partial charge in [0.25, 0.3) is 0 Å². The maximum atomic E-state index is 13.1. The average molecular weight is 545 g/mol. The van der Waals surface area contributed by atoms with E-state index in [1.54, 1.807) is 0 Å². The summed E-state index contributed by atoms with van der Waals surface area (Å²) in [6, 6.07) is 4.48. The maximum absolute atomic E-state index is 13.1. The summed E-state index contributed by atoms with van der Waals surface area (Å²) in [5.41, 5.74) is 7.34. The average Bonchev–Trinajstić information content (AvgIpc) is 3.17. The summed E-state index contributed by atoms with van der Waals surface area (Å²) in [5, 5.41) is 0. The second-order valence-electron chi connectivity index (χ2n) is 15.3. The zero-order valence-corrected chi connectivity index (χ0v) is 27.5. The summed E-state index contributed by atoms with van der Waals surface area (Å²) in [7, 11) is 0. The van der Waals surface area contributed by atoms with Crippen molar-refractivity contribution in [2.45, 2.75) is 96.9 Å². The van der Waals surface area contributed by atoms with Gasteiger partial charge in [0.2, 0.25) is 0 Å². The molecule has 0 amide bonds. The van der Waals surface area contributed by atoms with E-state index in [4.69, 9.17) is 0 Å². The molecule has 1 heterocycles. The van der Waals surface area contributed by atoms with Crippen LogP contribution in [0.1, 0.15) is 107 Å². The molecular formula is C36H48O2S. The molecule has 3 heteroatoms. The zero-order valence-electron chi connectivity index (χ0n) is 26.7. The number of carbonyl (C=O) groups excluding carboxylic acids is 2. The predicted molar refractivity (Wildman–Crippen MR) is 170 cm³/mol. The number of ketones is 2. The fourth-order valence-corrected chi connectivity index (χ4v) is 7.01. The normalized spacial score (nSPS) is 20.4. The summed E-state index contributed by atoms with van der Waals surface area (Å²) >= 11 is 1.81. The van der Waals surface area contributed by atoms with E-state index < -0.39 is 0 Å². The van der Waals surface area contributed by atoms with Crippen LogP contribution in [-0.2, 0) is 9.59 Å². The standard InChI is InChI=1S/C36H48O2S/c1-21-17-23(19-25(31(21)37)33(3,4)5)29(35(9,10)11)27-15-16-28(39-27)30(36(12,13)14)24-18-22(2)32(38)26(20-24)34(6,7)8/h15-20H,1-14H3/b29-23+,30-24+. The first kappa shape index (κ1) is 31.0. The Balaban J connectivity index is 2.33. The molecule has 0 fully saturated rings.